The van der Waals surface area contributed by atoms with Crippen molar-refractivity contribution in [2.75, 3.05) is 55.1 Å². The molecule has 1 atom stereocenters. The maximum atomic E-state index is 12.8. The molecule has 0 saturated heterocycles. The molecule has 44 heavy (non-hydrogen) atoms. The maximum Gasteiger partial charge on any atom is 0.500 e. The summed E-state index contributed by atoms with van der Waals surface area (Å²) in [6.07, 6.45) is 22.9. The number of carbonyl (C=O) groups is 2. The largest absolute Gasteiger partial charge is 0.500 e. The van der Waals surface area contributed by atoms with Gasteiger partial charge in [0.2, 0.25) is 0 Å². The molecule has 0 aliphatic carbocycles. The second kappa shape index (κ2) is 28.2. The van der Waals surface area contributed by atoms with Gasteiger partial charge in [-0.25, -0.2) is 0 Å². The van der Waals surface area contributed by atoms with Crippen LogP contribution in [0.3, 0.4) is 0 Å². The number of hydrogen-bond acceptors (Lipinski definition) is 7. The fraction of sp³-hybridized carbons (Fsp3) is 0.943. The van der Waals surface area contributed by atoms with Gasteiger partial charge in [0.05, 0.1) is 20.6 Å². The molecule has 0 aromatic carbocycles. The van der Waals surface area contributed by atoms with Gasteiger partial charge in [-0.15, -0.1) is 0 Å². The highest BCUT2D eigenvalue weighted by atomic mass is 28.4. The van der Waals surface area contributed by atoms with E-state index in [0.717, 1.165) is 38.6 Å². The van der Waals surface area contributed by atoms with Gasteiger partial charge in [-0.05, 0) is 12.8 Å². The molecule has 0 saturated carbocycles. The molecular weight excluding hydrogens is 574 g/mol. The summed E-state index contributed by atoms with van der Waals surface area (Å²) in [4.78, 5) is 25.3. The molecule has 8 nitrogen and oxygen atoms in total. The lowest BCUT2D eigenvalue weighted by Gasteiger charge is -2.34. The number of carbonyl (C=O) groups excluding carboxylic acids is 2. The maximum absolute atomic E-state index is 12.8. The van der Waals surface area contributed by atoms with Crippen LogP contribution in [0.25, 0.3) is 0 Å². The summed E-state index contributed by atoms with van der Waals surface area (Å²) in [5.74, 6) is -0.396. The number of quaternary nitrogens is 1. The van der Waals surface area contributed by atoms with Crippen molar-refractivity contribution in [1.29, 1.82) is 0 Å². The molecule has 0 aromatic rings. The van der Waals surface area contributed by atoms with Crippen LogP contribution in [-0.2, 0) is 32.3 Å². The fourth-order valence-corrected chi connectivity index (χ4v) is 7.41. The lowest BCUT2D eigenvalue weighted by molar-refractivity contribution is -0.893. The van der Waals surface area contributed by atoms with Gasteiger partial charge in [-0.2, -0.15) is 0 Å². The Hall–Kier alpha value is -1.00. The summed E-state index contributed by atoms with van der Waals surface area (Å²) in [6, 6.07) is 0.703. The monoisotopic (exact) mass is 647 g/mol. The molecule has 0 spiro atoms. The Morgan fingerprint density at radius 1 is 0.591 bits per heavy atom. The Labute approximate surface area is 273 Å². The Morgan fingerprint density at radius 3 is 1.43 bits per heavy atom. The van der Waals surface area contributed by atoms with Crippen molar-refractivity contribution < 1.29 is 36.8 Å². The topological polar surface area (TPSA) is 80.3 Å². The number of rotatable bonds is 32. The van der Waals surface area contributed by atoms with Crippen molar-refractivity contribution >= 4 is 20.7 Å². The molecule has 0 aliphatic heterocycles. The molecule has 0 amide bonds. The number of ether oxygens (including phenoxy) is 2. The molecule has 9 heteroatoms. The van der Waals surface area contributed by atoms with Gasteiger partial charge in [-0.1, -0.05) is 117 Å². The zero-order valence-corrected chi connectivity index (χ0v) is 31.1. The highest BCUT2D eigenvalue weighted by Crippen LogP contribution is 2.18. The van der Waals surface area contributed by atoms with Crippen LogP contribution >= 0.6 is 0 Å². The molecule has 0 fully saturated rings. The Balaban J connectivity index is 4.71. The van der Waals surface area contributed by atoms with E-state index in [1.807, 2.05) is 0 Å². The van der Waals surface area contributed by atoms with Crippen LogP contribution in [0.15, 0.2) is 0 Å². The second-order valence-electron chi connectivity index (χ2n) is 13.2. The van der Waals surface area contributed by atoms with E-state index >= 15 is 0 Å². The first kappa shape index (κ1) is 43.0. The highest BCUT2D eigenvalue weighted by molar-refractivity contribution is 6.60. The molecule has 0 radical (unpaired) electrons. The number of unbranched alkanes of at least 4 members (excludes halogenated alkanes) is 16. The zero-order chi connectivity index (χ0) is 32.9. The molecule has 0 aromatic heterocycles. The first-order chi connectivity index (χ1) is 21.2. The number of nitrogens with zero attached hydrogens (tertiary/aromatic N) is 1. The van der Waals surface area contributed by atoms with E-state index in [1.54, 1.807) is 21.3 Å². The van der Waals surface area contributed by atoms with E-state index in [1.165, 1.54) is 89.9 Å². The Bertz CT molecular complexity index is 680. The van der Waals surface area contributed by atoms with E-state index < -0.39 is 14.9 Å². The van der Waals surface area contributed by atoms with Crippen LogP contribution in [0.5, 0.6) is 0 Å². The third-order valence-electron chi connectivity index (χ3n) is 8.57. The average Bonchev–Trinajstić information content (AvgIpc) is 3.00. The molecule has 0 N–H and O–H groups in total. The summed E-state index contributed by atoms with van der Waals surface area (Å²) >= 11 is 0. The van der Waals surface area contributed by atoms with Crippen molar-refractivity contribution in [3.05, 3.63) is 0 Å². The third-order valence-corrected chi connectivity index (χ3v) is 11.4. The average molecular weight is 647 g/mol. The summed E-state index contributed by atoms with van der Waals surface area (Å²) in [6.45, 7) is 5.98. The first-order valence-electron chi connectivity index (χ1n) is 18.0. The third kappa shape index (κ3) is 24.3. The van der Waals surface area contributed by atoms with Gasteiger partial charge in [0.15, 0.2) is 6.10 Å². The lowest BCUT2D eigenvalue weighted by Crippen LogP contribution is -2.50. The second-order valence-corrected chi connectivity index (χ2v) is 16.3. The lowest BCUT2D eigenvalue weighted by atomic mass is 10.1. The van der Waals surface area contributed by atoms with Gasteiger partial charge in [0, 0.05) is 46.6 Å². The van der Waals surface area contributed by atoms with E-state index in [9.17, 15) is 9.59 Å². The fourth-order valence-electron chi connectivity index (χ4n) is 5.71. The molecule has 0 bridgehead atoms. The van der Waals surface area contributed by atoms with Crippen LogP contribution in [-0.4, -0.2) is 86.5 Å². The van der Waals surface area contributed by atoms with E-state index in [2.05, 4.69) is 27.9 Å². The summed E-state index contributed by atoms with van der Waals surface area (Å²) < 4.78 is 28.9. The predicted molar refractivity (Wildman–Crippen MR) is 183 cm³/mol. The van der Waals surface area contributed by atoms with Crippen LogP contribution in [0.1, 0.15) is 149 Å². The SMILES string of the molecule is CCCCCCCCCCCC(=O)OCC(C[N+](C)(C)CCC[Si](OC)(OC)OC)OC(=O)CCCCCCCCCCC. The Kier molecular flexibility index (Phi) is 27.6. The number of esters is 2. The zero-order valence-electron chi connectivity index (χ0n) is 30.1. The number of likely N-dealkylation sites (N-methyl/N-ethyl adjacent to an activating group) is 1. The summed E-state index contributed by atoms with van der Waals surface area (Å²) in [5.41, 5.74) is 0. The minimum absolute atomic E-state index is 0.105. The van der Waals surface area contributed by atoms with Crippen LogP contribution < -0.4 is 0 Å². The highest BCUT2D eigenvalue weighted by Gasteiger charge is 2.38. The summed E-state index contributed by atoms with van der Waals surface area (Å²) in [5, 5.41) is 0. The minimum Gasteiger partial charge on any atom is -0.461 e. The van der Waals surface area contributed by atoms with E-state index in [-0.39, 0.29) is 18.5 Å². The molecule has 0 aliphatic rings. The molecular formula is C35H72NO7Si+. The first-order valence-corrected chi connectivity index (χ1v) is 19.9. The van der Waals surface area contributed by atoms with E-state index in [0.29, 0.717) is 29.9 Å². The van der Waals surface area contributed by atoms with Crippen molar-refractivity contribution in [3.8, 4) is 0 Å². The molecule has 0 rings (SSSR count). The molecule has 1 unspecified atom stereocenters. The van der Waals surface area contributed by atoms with Crippen molar-refractivity contribution in [2.45, 2.75) is 161 Å². The van der Waals surface area contributed by atoms with E-state index in [4.69, 9.17) is 22.8 Å². The van der Waals surface area contributed by atoms with Gasteiger partial charge in [0.25, 0.3) is 0 Å². The quantitative estimate of drug-likeness (QED) is 0.0313. The molecule has 0 heterocycles. The van der Waals surface area contributed by atoms with Crippen LogP contribution in [0.4, 0.5) is 0 Å². The van der Waals surface area contributed by atoms with Gasteiger partial charge < -0.3 is 27.2 Å². The van der Waals surface area contributed by atoms with Crippen molar-refractivity contribution in [3.63, 3.8) is 0 Å². The predicted octanol–water partition coefficient (Wildman–Crippen LogP) is 8.63. The van der Waals surface area contributed by atoms with Crippen molar-refractivity contribution in [1.82, 2.24) is 0 Å². The van der Waals surface area contributed by atoms with Gasteiger partial charge >= 0.3 is 20.7 Å². The van der Waals surface area contributed by atoms with Gasteiger partial charge in [0.1, 0.15) is 13.2 Å². The van der Waals surface area contributed by atoms with Crippen LogP contribution in [0, 0.1) is 0 Å². The van der Waals surface area contributed by atoms with Gasteiger partial charge in [-0.3, -0.25) is 9.59 Å². The summed E-state index contributed by atoms with van der Waals surface area (Å²) in [7, 11) is 6.47. The smallest absolute Gasteiger partial charge is 0.461 e. The standard InChI is InChI=1S/C35H72NO7Si/c1-8-10-12-14-16-18-20-22-24-27-34(37)42-32-33(31-36(3,4)29-26-30-44(39-5,40-6)41-7)43-35(38)28-25-23-21-19-17-15-13-11-9-2/h33H,8-32H2,1-7H3/q+1. The Morgan fingerprint density at radius 2 is 1.00 bits per heavy atom. The minimum atomic E-state index is -2.64. The van der Waals surface area contributed by atoms with Crippen molar-refractivity contribution in [2.24, 2.45) is 0 Å². The normalized spacial score (nSPS) is 12.8. The number of hydrogen-bond donors (Lipinski definition) is 0. The molecule has 262 valence electrons. The van der Waals surface area contributed by atoms with Crippen LogP contribution in [0.2, 0.25) is 6.04 Å².